The molecule has 0 amide bonds. The molecule has 1 aliphatic rings. The van der Waals surface area contributed by atoms with Crippen LogP contribution in [-0.2, 0) is 0 Å². The molecule has 1 fully saturated rings. The Hall–Kier alpha value is -0.000000000000000305. The molecule has 96 valence electrons. The van der Waals surface area contributed by atoms with Gasteiger partial charge in [0.1, 0.15) is 0 Å². The molecule has 0 unspecified atom stereocenters. The number of hydrogen-bond donors (Lipinski definition) is 1. The van der Waals surface area contributed by atoms with Gasteiger partial charge in [0.05, 0.1) is 0 Å². The van der Waals surface area contributed by atoms with Crippen LogP contribution in [0.5, 0.6) is 0 Å². The van der Waals surface area contributed by atoms with Crippen LogP contribution in [0.1, 0.15) is 0 Å². The Bertz CT molecular complexity index is 243. The lowest BCUT2D eigenvalue weighted by molar-refractivity contribution is 0.582. The van der Waals surface area contributed by atoms with E-state index in [2.05, 4.69) is 20.4 Å². The second kappa shape index (κ2) is 11.5. The number of piperazine rings is 1. The number of nitrogens with zero attached hydrogens (tertiary/aromatic N) is 3. The normalized spacial score (nSPS) is 13.4. The summed E-state index contributed by atoms with van der Waals surface area (Å²) in [6, 6.07) is 3.92. The first-order chi connectivity index (χ1) is 5.97. The summed E-state index contributed by atoms with van der Waals surface area (Å²) in [6.45, 7) is 4.13. The summed E-state index contributed by atoms with van der Waals surface area (Å²) in [4.78, 5) is 2.24. The van der Waals surface area contributed by atoms with Crippen molar-refractivity contribution in [1.29, 1.82) is 0 Å². The van der Waals surface area contributed by atoms with Gasteiger partial charge in [-0.2, -0.15) is 5.10 Å². The molecule has 8 heteroatoms. The minimum Gasteiger partial charge on any atom is -0.353 e. The number of halogens is 4. The summed E-state index contributed by atoms with van der Waals surface area (Å²) in [5, 5.41) is 11.2. The summed E-state index contributed by atoms with van der Waals surface area (Å²) >= 11 is 0. The molecular formula is C8H16Cl4N4. The van der Waals surface area contributed by atoms with Crippen molar-refractivity contribution in [1.82, 2.24) is 15.5 Å². The van der Waals surface area contributed by atoms with Gasteiger partial charge in [0.25, 0.3) is 0 Å². The predicted octanol–water partition coefficient (Wildman–Crippen LogP) is 1.57. The quantitative estimate of drug-likeness (QED) is 0.855. The molecule has 1 saturated heterocycles. The van der Waals surface area contributed by atoms with Gasteiger partial charge < -0.3 is 10.2 Å². The maximum atomic E-state index is 4.05. The minimum absolute atomic E-state index is 0. The van der Waals surface area contributed by atoms with Gasteiger partial charge in [-0.1, -0.05) is 0 Å². The van der Waals surface area contributed by atoms with Gasteiger partial charge in [-0.3, -0.25) is 0 Å². The maximum absolute atomic E-state index is 4.05. The van der Waals surface area contributed by atoms with E-state index in [0.29, 0.717) is 0 Å². The van der Waals surface area contributed by atoms with E-state index in [4.69, 9.17) is 0 Å². The molecule has 0 aliphatic carbocycles. The van der Waals surface area contributed by atoms with E-state index >= 15 is 0 Å². The van der Waals surface area contributed by atoms with Gasteiger partial charge in [0.2, 0.25) is 0 Å². The number of aromatic nitrogens is 2. The Morgan fingerprint density at radius 2 is 1.69 bits per heavy atom. The molecule has 2 rings (SSSR count). The molecule has 1 N–H and O–H groups in total. The third-order valence-electron chi connectivity index (χ3n) is 2.00. The van der Waals surface area contributed by atoms with Crippen molar-refractivity contribution in [2.24, 2.45) is 0 Å². The SMILES string of the molecule is Cl.Cl.Cl.Cl.c1cnnc(N2CCNCC2)c1. The molecule has 0 spiro atoms. The number of hydrogen-bond acceptors (Lipinski definition) is 4. The van der Waals surface area contributed by atoms with Crippen molar-refractivity contribution in [3.63, 3.8) is 0 Å². The second-order valence-electron chi connectivity index (χ2n) is 2.82. The lowest BCUT2D eigenvalue weighted by atomic mass is 10.3. The summed E-state index contributed by atoms with van der Waals surface area (Å²) in [5.41, 5.74) is 0. The molecule has 0 bridgehead atoms. The van der Waals surface area contributed by atoms with Crippen LogP contribution in [0.3, 0.4) is 0 Å². The topological polar surface area (TPSA) is 41.1 Å². The molecule has 0 saturated carbocycles. The highest BCUT2D eigenvalue weighted by Gasteiger charge is 2.10. The van der Waals surface area contributed by atoms with Crippen molar-refractivity contribution in [2.45, 2.75) is 0 Å². The molecule has 1 aromatic heterocycles. The zero-order valence-electron chi connectivity index (χ0n) is 8.54. The summed E-state index contributed by atoms with van der Waals surface area (Å²) in [5.74, 6) is 0.985. The first kappa shape index (κ1) is 21.3. The van der Waals surface area contributed by atoms with Crippen LogP contribution in [0.4, 0.5) is 5.82 Å². The van der Waals surface area contributed by atoms with E-state index in [9.17, 15) is 0 Å². The Morgan fingerprint density at radius 3 is 2.19 bits per heavy atom. The lowest BCUT2D eigenvalue weighted by Gasteiger charge is -2.27. The highest BCUT2D eigenvalue weighted by molar-refractivity contribution is 5.86. The molecule has 1 aliphatic heterocycles. The summed E-state index contributed by atoms with van der Waals surface area (Å²) < 4.78 is 0. The van der Waals surface area contributed by atoms with Crippen molar-refractivity contribution >= 4 is 55.4 Å². The minimum atomic E-state index is 0. The van der Waals surface area contributed by atoms with E-state index in [0.717, 1.165) is 32.0 Å². The molecule has 0 aromatic carbocycles. The number of nitrogens with one attached hydrogen (secondary N) is 1. The van der Waals surface area contributed by atoms with Crippen molar-refractivity contribution in [3.05, 3.63) is 18.3 Å². The number of anilines is 1. The molecule has 16 heavy (non-hydrogen) atoms. The molecular weight excluding hydrogens is 294 g/mol. The van der Waals surface area contributed by atoms with Crippen molar-refractivity contribution in [2.75, 3.05) is 31.1 Å². The van der Waals surface area contributed by atoms with Gasteiger partial charge in [-0.25, -0.2) is 0 Å². The zero-order chi connectivity index (χ0) is 8.23. The average Bonchev–Trinajstić information content (AvgIpc) is 2.21. The Balaban J connectivity index is -0.000000422. The fourth-order valence-corrected chi connectivity index (χ4v) is 1.36. The standard InChI is InChI=1S/C8H12N4.4ClH/c1-2-8(11-10-3-1)12-6-4-9-5-7-12;;;;/h1-3,9H,4-7H2;4*1H. The average molecular weight is 310 g/mol. The largest absolute Gasteiger partial charge is 0.353 e. The van der Waals surface area contributed by atoms with E-state index in [1.165, 1.54) is 0 Å². The third kappa shape index (κ3) is 5.92. The van der Waals surface area contributed by atoms with E-state index < -0.39 is 0 Å². The molecule has 2 heterocycles. The zero-order valence-corrected chi connectivity index (χ0v) is 11.8. The summed E-state index contributed by atoms with van der Waals surface area (Å²) in [6.07, 6.45) is 1.70. The van der Waals surface area contributed by atoms with Crippen LogP contribution in [0.25, 0.3) is 0 Å². The first-order valence-corrected chi connectivity index (χ1v) is 4.20. The smallest absolute Gasteiger partial charge is 0.151 e. The lowest BCUT2D eigenvalue weighted by Crippen LogP contribution is -2.43. The highest BCUT2D eigenvalue weighted by Crippen LogP contribution is 2.07. The molecule has 1 aromatic rings. The van der Waals surface area contributed by atoms with E-state index in [1.807, 2.05) is 12.1 Å². The third-order valence-corrected chi connectivity index (χ3v) is 2.00. The van der Waals surface area contributed by atoms with Crippen molar-refractivity contribution in [3.8, 4) is 0 Å². The first-order valence-electron chi connectivity index (χ1n) is 4.20. The van der Waals surface area contributed by atoms with Crippen LogP contribution < -0.4 is 10.2 Å². The number of rotatable bonds is 1. The Labute approximate surface area is 120 Å². The monoisotopic (exact) mass is 308 g/mol. The van der Waals surface area contributed by atoms with Crippen LogP contribution in [0.2, 0.25) is 0 Å². The van der Waals surface area contributed by atoms with Crippen LogP contribution >= 0.6 is 49.6 Å². The van der Waals surface area contributed by atoms with Gasteiger partial charge in [0.15, 0.2) is 5.82 Å². The van der Waals surface area contributed by atoms with Crippen LogP contribution in [0, 0.1) is 0 Å². The van der Waals surface area contributed by atoms with E-state index in [1.54, 1.807) is 6.20 Å². The van der Waals surface area contributed by atoms with Crippen LogP contribution in [-0.4, -0.2) is 36.4 Å². The predicted molar refractivity (Wildman–Crippen MR) is 76.1 cm³/mol. The van der Waals surface area contributed by atoms with Gasteiger partial charge in [-0.05, 0) is 12.1 Å². The van der Waals surface area contributed by atoms with Crippen LogP contribution in [0.15, 0.2) is 18.3 Å². The Kier molecular flexibility index (Phi) is 15.3. The molecule has 4 nitrogen and oxygen atoms in total. The van der Waals surface area contributed by atoms with Gasteiger partial charge >= 0.3 is 0 Å². The fraction of sp³-hybridized carbons (Fsp3) is 0.500. The molecule has 0 atom stereocenters. The van der Waals surface area contributed by atoms with Gasteiger partial charge in [0, 0.05) is 32.4 Å². The Morgan fingerprint density at radius 1 is 1.06 bits per heavy atom. The van der Waals surface area contributed by atoms with Crippen molar-refractivity contribution < 1.29 is 0 Å². The second-order valence-corrected chi connectivity index (χ2v) is 2.82. The molecule has 0 radical (unpaired) electrons. The van der Waals surface area contributed by atoms with E-state index in [-0.39, 0.29) is 49.6 Å². The highest BCUT2D eigenvalue weighted by atomic mass is 35.5. The maximum Gasteiger partial charge on any atom is 0.151 e. The fourth-order valence-electron chi connectivity index (χ4n) is 1.36. The van der Waals surface area contributed by atoms with Gasteiger partial charge in [-0.15, -0.1) is 54.7 Å². The summed E-state index contributed by atoms with van der Waals surface area (Å²) in [7, 11) is 0.